The Balaban J connectivity index is 1.74. The van der Waals surface area contributed by atoms with Crippen LogP contribution in [-0.4, -0.2) is 21.3 Å². The van der Waals surface area contributed by atoms with Crippen LogP contribution < -0.4 is 5.32 Å². The largest absolute Gasteiger partial charge is 0.310 e. The van der Waals surface area contributed by atoms with E-state index in [4.69, 9.17) is 0 Å². The predicted molar refractivity (Wildman–Crippen MR) is 54.7 cm³/mol. The van der Waals surface area contributed by atoms with Crippen molar-refractivity contribution >= 4 is 0 Å². The van der Waals surface area contributed by atoms with Gasteiger partial charge in [0.2, 0.25) is 0 Å². The molecule has 14 heavy (non-hydrogen) atoms. The molecule has 1 aliphatic carbocycles. The molecule has 1 saturated carbocycles. The van der Waals surface area contributed by atoms with Crippen molar-refractivity contribution in [1.82, 2.24) is 20.1 Å². The zero-order valence-corrected chi connectivity index (χ0v) is 8.90. The summed E-state index contributed by atoms with van der Waals surface area (Å²) >= 11 is 0. The van der Waals surface area contributed by atoms with Crippen LogP contribution in [0.3, 0.4) is 0 Å². The van der Waals surface area contributed by atoms with Crippen molar-refractivity contribution in [2.24, 2.45) is 11.8 Å². The molecular weight excluding hydrogens is 176 g/mol. The molecule has 0 radical (unpaired) electrons. The predicted octanol–water partition coefficient (Wildman–Crippen LogP) is 1.04. The Hall–Kier alpha value is -0.900. The first kappa shape index (κ1) is 9.65. The molecule has 1 aromatic rings. The molecule has 1 fully saturated rings. The fraction of sp³-hybridized carbons (Fsp3) is 0.800. The van der Waals surface area contributed by atoms with E-state index in [0.29, 0.717) is 0 Å². The Bertz CT molecular complexity index is 294. The van der Waals surface area contributed by atoms with Gasteiger partial charge in [-0.1, -0.05) is 6.92 Å². The van der Waals surface area contributed by atoms with Crippen molar-refractivity contribution in [3.05, 3.63) is 12.2 Å². The number of aryl methyl sites for hydroxylation is 1. The van der Waals surface area contributed by atoms with E-state index in [9.17, 15) is 0 Å². The average molecular weight is 194 g/mol. The monoisotopic (exact) mass is 194 g/mol. The highest BCUT2D eigenvalue weighted by Crippen LogP contribution is 2.36. The molecule has 2 atom stereocenters. The van der Waals surface area contributed by atoms with E-state index in [1.807, 2.05) is 4.68 Å². The number of nitrogens with zero attached hydrogens (tertiary/aromatic N) is 3. The second-order valence-corrected chi connectivity index (χ2v) is 4.10. The number of hydrogen-bond donors (Lipinski definition) is 1. The highest BCUT2D eigenvalue weighted by molar-refractivity contribution is 4.87. The summed E-state index contributed by atoms with van der Waals surface area (Å²) < 4.78 is 1.93. The van der Waals surface area contributed by atoms with Gasteiger partial charge in [-0.2, -0.15) is 5.10 Å². The summed E-state index contributed by atoms with van der Waals surface area (Å²) in [6.45, 7) is 7.26. The quantitative estimate of drug-likeness (QED) is 0.761. The number of nitrogens with one attached hydrogen (secondary N) is 1. The summed E-state index contributed by atoms with van der Waals surface area (Å²) in [4.78, 5) is 4.21. The first-order valence-electron chi connectivity index (χ1n) is 5.38. The van der Waals surface area contributed by atoms with Gasteiger partial charge in [-0.25, -0.2) is 9.67 Å². The molecule has 0 aliphatic heterocycles. The summed E-state index contributed by atoms with van der Waals surface area (Å²) in [5.74, 6) is 2.86. The molecule has 1 N–H and O–H groups in total. The Kier molecular flexibility index (Phi) is 2.82. The van der Waals surface area contributed by atoms with Crippen LogP contribution in [0.25, 0.3) is 0 Å². The molecule has 0 saturated heterocycles. The lowest BCUT2D eigenvalue weighted by molar-refractivity contribution is 0.551. The Morgan fingerprint density at radius 1 is 1.64 bits per heavy atom. The Labute approximate surface area is 84.7 Å². The number of hydrogen-bond acceptors (Lipinski definition) is 3. The minimum Gasteiger partial charge on any atom is -0.310 e. The third-order valence-corrected chi connectivity index (χ3v) is 2.96. The van der Waals surface area contributed by atoms with E-state index in [1.165, 1.54) is 6.42 Å². The normalized spacial score (nSPS) is 25.3. The van der Waals surface area contributed by atoms with Gasteiger partial charge in [0.15, 0.2) is 0 Å². The van der Waals surface area contributed by atoms with Gasteiger partial charge in [0.05, 0.1) is 6.54 Å². The van der Waals surface area contributed by atoms with Gasteiger partial charge in [0, 0.05) is 6.54 Å². The van der Waals surface area contributed by atoms with Crippen molar-refractivity contribution in [3.63, 3.8) is 0 Å². The van der Waals surface area contributed by atoms with Gasteiger partial charge < -0.3 is 5.32 Å². The number of rotatable bonds is 5. The van der Waals surface area contributed by atoms with Crippen LogP contribution in [0.15, 0.2) is 6.33 Å². The van der Waals surface area contributed by atoms with E-state index in [2.05, 4.69) is 29.2 Å². The molecule has 4 nitrogen and oxygen atoms in total. The van der Waals surface area contributed by atoms with Crippen LogP contribution in [0, 0.1) is 11.8 Å². The van der Waals surface area contributed by atoms with Crippen molar-refractivity contribution in [2.75, 3.05) is 6.54 Å². The highest BCUT2D eigenvalue weighted by Gasteiger charge is 2.31. The zero-order valence-electron chi connectivity index (χ0n) is 8.90. The molecule has 2 rings (SSSR count). The third-order valence-electron chi connectivity index (χ3n) is 2.96. The molecular formula is C10H18N4. The smallest absolute Gasteiger partial charge is 0.140 e. The van der Waals surface area contributed by atoms with E-state index in [1.54, 1.807) is 6.33 Å². The summed E-state index contributed by atoms with van der Waals surface area (Å²) in [5, 5.41) is 7.56. The lowest BCUT2D eigenvalue weighted by atomic mass is 10.3. The average Bonchev–Trinajstić information content (AvgIpc) is 2.72. The van der Waals surface area contributed by atoms with Crippen LogP contribution in [0.2, 0.25) is 0 Å². The molecule has 0 spiro atoms. The Morgan fingerprint density at radius 2 is 2.43 bits per heavy atom. The molecule has 1 aromatic heterocycles. The van der Waals surface area contributed by atoms with Crippen LogP contribution in [0.1, 0.15) is 26.1 Å². The van der Waals surface area contributed by atoms with Crippen LogP contribution in [-0.2, 0) is 13.1 Å². The minimum absolute atomic E-state index is 0.844. The molecule has 1 heterocycles. The SMILES string of the molecule is CCn1ncnc1CNCC1CC1C. The fourth-order valence-corrected chi connectivity index (χ4v) is 1.74. The molecule has 78 valence electrons. The maximum atomic E-state index is 4.21. The van der Waals surface area contributed by atoms with Gasteiger partial charge in [-0.15, -0.1) is 0 Å². The number of aromatic nitrogens is 3. The van der Waals surface area contributed by atoms with E-state index >= 15 is 0 Å². The molecule has 0 aromatic carbocycles. The Morgan fingerprint density at radius 3 is 3.07 bits per heavy atom. The summed E-state index contributed by atoms with van der Waals surface area (Å²) in [6.07, 6.45) is 3.01. The second kappa shape index (κ2) is 4.09. The first-order chi connectivity index (χ1) is 6.81. The van der Waals surface area contributed by atoms with E-state index in [0.717, 1.165) is 37.3 Å². The van der Waals surface area contributed by atoms with Crippen molar-refractivity contribution in [3.8, 4) is 0 Å². The van der Waals surface area contributed by atoms with Gasteiger partial charge in [0.25, 0.3) is 0 Å². The topological polar surface area (TPSA) is 42.7 Å². The van der Waals surface area contributed by atoms with Gasteiger partial charge in [-0.05, 0) is 31.7 Å². The van der Waals surface area contributed by atoms with E-state index in [-0.39, 0.29) is 0 Å². The highest BCUT2D eigenvalue weighted by atomic mass is 15.3. The zero-order chi connectivity index (χ0) is 9.97. The van der Waals surface area contributed by atoms with Crippen LogP contribution in [0.5, 0.6) is 0 Å². The fourth-order valence-electron chi connectivity index (χ4n) is 1.74. The van der Waals surface area contributed by atoms with E-state index < -0.39 is 0 Å². The molecule has 0 amide bonds. The maximum absolute atomic E-state index is 4.21. The van der Waals surface area contributed by atoms with Crippen molar-refractivity contribution in [1.29, 1.82) is 0 Å². The molecule has 1 aliphatic rings. The molecule has 0 bridgehead atoms. The summed E-state index contributed by atoms with van der Waals surface area (Å²) in [5.41, 5.74) is 0. The van der Waals surface area contributed by atoms with Crippen molar-refractivity contribution in [2.45, 2.75) is 33.4 Å². The second-order valence-electron chi connectivity index (χ2n) is 4.10. The van der Waals surface area contributed by atoms with Crippen LogP contribution >= 0.6 is 0 Å². The minimum atomic E-state index is 0.844. The molecule has 4 heteroatoms. The lowest BCUT2D eigenvalue weighted by Gasteiger charge is -2.04. The van der Waals surface area contributed by atoms with Crippen molar-refractivity contribution < 1.29 is 0 Å². The summed E-state index contributed by atoms with van der Waals surface area (Å²) in [7, 11) is 0. The third kappa shape index (κ3) is 2.12. The first-order valence-corrected chi connectivity index (χ1v) is 5.38. The molecule has 2 unspecified atom stereocenters. The van der Waals surface area contributed by atoms with Gasteiger partial charge in [-0.3, -0.25) is 0 Å². The maximum Gasteiger partial charge on any atom is 0.140 e. The summed E-state index contributed by atoms with van der Waals surface area (Å²) in [6, 6.07) is 0. The van der Waals surface area contributed by atoms with Crippen LogP contribution in [0.4, 0.5) is 0 Å². The lowest BCUT2D eigenvalue weighted by Crippen LogP contribution is -2.20. The standard InChI is InChI=1S/C10H18N4/c1-3-14-10(12-7-13-14)6-11-5-9-4-8(9)2/h7-9,11H,3-6H2,1-2H3. The van der Waals surface area contributed by atoms with Gasteiger partial charge >= 0.3 is 0 Å². The van der Waals surface area contributed by atoms with Gasteiger partial charge in [0.1, 0.15) is 12.2 Å².